The van der Waals surface area contributed by atoms with Crippen LogP contribution in [0.1, 0.15) is 39.5 Å². The fourth-order valence-corrected chi connectivity index (χ4v) is 3.62. The number of aromatic nitrogens is 2. The molecular formula is C20H21N3OS. The lowest BCUT2D eigenvalue weighted by atomic mass is 10.1. The third-order valence-electron chi connectivity index (χ3n) is 4.34. The number of hydrogen-bond acceptors (Lipinski definition) is 4. The van der Waals surface area contributed by atoms with E-state index in [1.165, 1.54) is 16.9 Å². The number of pyridine rings is 1. The lowest BCUT2D eigenvalue weighted by molar-refractivity contribution is 0.0746. The van der Waals surface area contributed by atoms with Crippen molar-refractivity contribution in [1.29, 1.82) is 0 Å². The molecule has 0 saturated heterocycles. The van der Waals surface area contributed by atoms with Gasteiger partial charge in [-0.2, -0.15) is 0 Å². The van der Waals surface area contributed by atoms with Crippen LogP contribution in [0.25, 0.3) is 10.7 Å². The summed E-state index contributed by atoms with van der Waals surface area (Å²) in [5.41, 5.74) is 3.87. The summed E-state index contributed by atoms with van der Waals surface area (Å²) in [6.07, 6.45) is 1.74. The highest BCUT2D eigenvalue weighted by Crippen LogP contribution is 2.29. The summed E-state index contributed by atoms with van der Waals surface area (Å²) in [6, 6.07) is 14.0. The molecule has 1 atom stereocenters. The maximum Gasteiger partial charge on any atom is 0.266 e. The normalized spacial score (nSPS) is 12.0. The van der Waals surface area contributed by atoms with Gasteiger partial charge in [0.2, 0.25) is 0 Å². The van der Waals surface area contributed by atoms with Crippen LogP contribution in [0.3, 0.4) is 0 Å². The van der Waals surface area contributed by atoms with Crippen LogP contribution in [0.15, 0.2) is 48.7 Å². The van der Waals surface area contributed by atoms with Gasteiger partial charge in [-0.3, -0.25) is 9.78 Å². The zero-order chi connectivity index (χ0) is 18.0. The van der Waals surface area contributed by atoms with Gasteiger partial charge in [0.15, 0.2) is 0 Å². The Hall–Kier alpha value is -2.53. The van der Waals surface area contributed by atoms with E-state index in [1.54, 1.807) is 11.1 Å². The second kappa shape index (κ2) is 7.15. The van der Waals surface area contributed by atoms with Gasteiger partial charge in [-0.25, -0.2) is 4.98 Å². The number of nitrogens with zero attached hydrogens (tertiary/aromatic N) is 3. The molecule has 0 saturated carbocycles. The van der Waals surface area contributed by atoms with Crippen molar-refractivity contribution in [3.63, 3.8) is 0 Å². The van der Waals surface area contributed by atoms with Crippen molar-refractivity contribution in [3.8, 4) is 10.7 Å². The summed E-state index contributed by atoms with van der Waals surface area (Å²) in [6.45, 7) is 5.97. The Morgan fingerprint density at radius 2 is 1.84 bits per heavy atom. The lowest BCUT2D eigenvalue weighted by Crippen LogP contribution is -2.29. The van der Waals surface area contributed by atoms with Gasteiger partial charge in [0.1, 0.15) is 9.88 Å². The molecule has 2 aromatic heterocycles. The minimum absolute atomic E-state index is 0.00657. The molecular weight excluding hydrogens is 330 g/mol. The monoisotopic (exact) mass is 351 g/mol. The molecule has 1 aromatic carbocycles. The summed E-state index contributed by atoms with van der Waals surface area (Å²) in [4.78, 5) is 24.3. The highest BCUT2D eigenvalue weighted by molar-refractivity contribution is 7.17. The Morgan fingerprint density at radius 1 is 1.12 bits per heavy atom. The van der Waals surface area contributed by atoms with Gasteiger partial charge in [0.25, 0.3) is 5.91 Å². The van der Waals surface area contributed by atoms with Crippen molar-refractivity contribution in [2.45, 2.75) is 26.8 Å². The molecule has 0 aliphatic rings. The number of rotatable bonds is 4. The Morgan fingerprint density at radius 3 is 2.48 bits per heavy atom. The van der Waals surface area contributed by atoms with E-state index < -0.39 is 0 Å². The zero-order valence-electron chi connectivity index (χ0n) is 14.9. The highest BCUT2D eigenvalue weighted by atomic mass is 32.1. The van der Waals surface area contributed by atoms with E-state index in [9.17, 15) is 4.79 Å². The van der Waals surface area contributed by atoms with Gasteiger partial charge in [0, 0.05) is 13.2 Å². The molecule has 0 radical (unpaired) electrons. The van der Waals surface area contributed by atoms with Crippen molar-refractivity contribution in [1.82, 2.24) is 14.9 Å². The average molecular weight is 351 g/mol. The number of carbonyl (C=O) groups is 1. The van der Waals surface area contributed by atoms with Crippen LogP contribution in [0, 0.1) is 13.8 Å². The van der Waals surface area contributed by atoms with Gasteiger partial charge in [0.05, 0.1) is 17.4 Å². The molecule has 25 heavy (non-hydrogen) atoms. The van der Waals surface area contributed by atoms with Crippen molar-refractivity contribution in [3.05, 3.63) is 70.4 Å². The van der Waals surface area contributed by atoms with Crippen molar-refractivity contribution in [2.24, 2.45) is 0 Å². The smallest absolute Gasteiger partial charge is 0.266 e. The number of benzene rings is 1. The number of amides is 1. The fraction of sp³-hybridized carbons (Fsp3) is 0.250. The first-order valence-corrected chi connectivity index (χ1v) is 9.01. The molecule has 1 amide bonds. The Bertz CT molecular complexity index is 872. The molecule has 2 heterocycles. The van der Waals surface area contributed by atoms with Crippen LogP contribution < -0.4 is 0 Å². The molecule has 0 aliphatic heterocycles. The van der Waals surface area contributed by atoms with E-state index in [-0.39, 0.29) is 11.9 Å². The minimum Gasteiger partial charge on any atom is -0.334 e. The van der Waals surface area contributed by atoms with E-state index in [4.69, 9.17) is 0 Å². The zero-order valence-corrected chi connectivity index (χ0v) is 15.7. The molecule has 3 rings (SSSR count). The molecule has 1 unspecified atom stereocenters. The van der Waals surface area contributed by atoms with Gasteiger partial charge in [-0.1, -0.05) is 35.9 Å². The van der Waals surface area contributed by atoms with Crippen molar-refractivity contribution in [2.75, 3.05) is 7.05 Å². The second-order valence-electron chi connectivity index (χ2n) is 6.15. The molecule has 0 bridgehead atoms. The summed E-state index contributed by atoms with van der Waals surface area (Å²) >= 11 is 1.40. The number of carbonyl (C=O) groups excluding carboxylic acids is 1. The van der Waals surface area contributed by atoms with Gasteiger partial charge >= 0.3 is 0 Å². The lowest BCUT2D eigenvalue weighted by Gasteiger charge is -2.25. The summed E-state index contributed by atoms with van der Waals surface area (Å²) in [5, 5.41) is 0.776. The molecule has 0 spiro atoms. The summed E-state index contributed by atoms with van der Waals surface area (Å²) < 4.78 is 0. The largest absolute Gasteiger partial charge is 0.334 e. The van der Waals surface area contributed by atoms with Crippen molar-refractivity contribution < 1.29 is 4.79 Å². The summed E-state index contributed by atoms with van der Waals surface area (Å²) in [5.74, 6) is -0.00902. The minimum atomic E-state index is -0.00902. The number of hydrogen-bond donors (Lipinski definition) is 0. The first-order valence-electron chi connectivity index (χ1n) is 8.20. The topological polar surface area (TPSA) is 46.1 Å². The SMILES string of the molecule is Cc1ccc(C(C)N(C)C(=O)c2sc(-c3ccccn3)nc2C)cc1. The predicted octanol–water partition coefficient (Wildman–Crippen LogP) is 4.66. The molecule has 0 N–H and O–H groups in total. The van der Waals surface area contributed by atoms with Crippen LogP contribution in [-0.4, -0.2) is 27.8 Å². The van der Waals surface area contributed by atoms with Crippen LogP contribution in [0.4, 0.5) is 0 Å². The van der Waals surface area contributed by atoms with E-state index in [1.807, 2.05) is 39.1 Å². The number of aryl methyl sites for hydroxylation is 2. The maximum absolute atomic E-state index is 13.0. The maximum atomic E-state index is 13.0. The molecule has 0 aliphatic carbocycles. The summed E-state index contributed by atoms with van der Waals surface area (Å²) in [7, 11) is 1.84. The third-order valence-corrected chi connectivity index (χ3v) is 5.50. The van der Waals surface area contributed by atoms with Crippen LogP contribution in [0.2, 0.25) is 0 Å². The first kappa shape index (κ1) is 17.3. The molecule has 4 nitrogen and oxygen atoms in total. The van der Waals surface area contributed by atoms with E-state index in [0.717, 1.165) is 22.0 Å². The molecule has 3 aromatic rings. The Balaban J connectivity index is 1.85. The highest BCUT2D eigenvalue weighted by Gasteiger charge is 2.23. The third kappa shape index (κ3) is 3.61. The van der Waals surface area contributed by atoms with E-state index in [0.29, 0.717) is 4.88 Å². The van der Waals surface area contributed by atoms with E-state index in [2.05, 4.69) is 41.2 Å². The fourth-order valence-electron chi connectivity index (χ4n) is 2.60. The van der Waals surface area contributed by atoms with Crippen molar-refractivity contribution >= 4 is 17.2 Å². The van der Waals surface area contributed by atoms with Crippen LogP contribution in [0.5, 0.6) is 0 Å². The number of thiazole rings is 1. The van der Waals surface area contributed by atoms with E-state index >= 15 is 0 Å². The quantitative estimate of drug-likeness (QED) is 0.687. The standard InChI is InChI=1S/C20H21N3OS/c1-13-8-10-16(11-9-13)15(3)23(4)20(24)18-14(2)22-19(25-18)17-7-5-6-12-21-17/h5-12,15H,1-4H3. The first-order chi connectivity index (χ1) is 12.0. The van der Waals surface area contributed by atoms with Gasteiger partial charge in [-0.15, -0.1) is 11.3 Å². The van der Waals surface area contributed by atoms with Gasteiger partial charge in [-0.05, 0) is 38.5 Å². The van der Waals surface area contributed by atoms with Gasteiger partial charge < -0.3 is 4.90 Å². The van der Waals surface area contributed by atoms with Crippen LogP contribution >= 0.6 is 11.3 Å². The Kier molecular flexibility index (Phi) is 4.95. The predicted molar refractivity (Wildman–Crippen MR) is 102 cm³/mol. The molecule has 128 valence electrons. The molecule has 0 fully saturated rings. The van der Waals surface area contributed by atoms with Crippen LogP contribution in [-0.2, 0) is 0 Å². The molecule has 5 heteroatoms. The second-order valence-corrected chi connectivity index (χ2v) is 7.15. The average Bonchev–Trinajstić information content (AvgIpc) is 3.03. The Labute approximate surface area is 152 Å².